The number of carbonyl (C=O) groups is 1. The van der Waals surface area contributed by atoms with E-state index in [0.717, 1.165) is 12.1 Å². The van der Waals surface area contributed by atoms with Gasteiger partial charge in [-0.25, -0.2) is 8.78 Å². The van der Waals surface area contributed by atoms with Crippen LogP contribution in [0.2, 0.25) is 0 Å². The zero-order chi connectivity index (χ0) is 13.0. The predicted octanol–water partition coefficient (Wildman–Crippen LogP) is 0.889. The molecule has 0 spiro atoms. The van der Waals surface area contributed by atoms with Crippen molar-refractivity contribution >= 4 is 5.97 Å². The molecule has 6 heteroatoms. The number of hydrogen-bond acceptors (Lipinski definition) is 4. The van der Waals surface area contributed by atoms with Crippen molar-refractivity contribution in [3.05, 3.63) is 35.4 Å². The number of aliphatic hydroxyl groups excluding tert-OH is 1. The van der Waals surface area contributed by atoms with E-state index < -0.39 is 29.7 Å². The van der Waals surface area contributed by atoms with Gasteiger partial charge in [0.2, 0.25) is 0 Å². The van der Waals surface area contributed by atoms with Gasteiger partial charge in [-0.3, -0.25) is 4.79 Å². The Morgan fingerprint density at radius 2 is 1.94 bits per heavy atom. The minimum absolute atomic E-state index is 0.108. The van der Waals surface area contributed by atoms with Crippen LogP contribution in [-0.2, 0) is 9.53 Å². The first kappa shape index (κ1) is 13.5. The van der Waals surface area contributed by atoms with Crippen LogP contribution in [-0.4, -0.2) is 23.7 Å². The molecule has 94 valence electrons. The summed E-state index contributed by atoms with van der Waals surface area (Å²) < 4.78 is 30.4. The predicted molar refractivity (Wildman–Crippen MR) is 55.9 cm³/mol. The van der Waals surface area contributed by atoms with Crippen LogP contribution in [0.4, 0.5) is 8.78 Å². The first-order valence-corrected chi connectivity index (χ1v) is 5.02. The SMILES string of the molecule is CCOC(=O)C(N)C(O)c1cc(F)cc(F)c1. The molecule has 17 heavy (non-hydrogen) atoms. The Bertz CT molecular complexity index is 391. The first-order chi connectivity index (χ1) is 7.95. The third-order valence-electron chi connectivity index (χ3n) is 2.13. The van der Waals surface area contributed by atoms with Gasteiger partial charge >= 0.3 is 5.97 Å². The molecule has 0 aliphatic rings. The highest BCUT2D eigenvalue weighted by Crippen LogP contribution is 2.19. The lowest BCUT2D eigenvalue weighted by atomic mass is 10.0. The number of halogens is 2. The fourth-order valence-electron chi connectivity index (χ4n) is 1.32. The van der Waals surface area contributed by atoms with Crippen LogP contribution < -0.4 is 5.73 Å². The molecule has 0 fully saturated rings. The van der Waals surface area contributed by atoms with Crippen molar-refractivity contribution in [2.45, 2.75) is 19.1 Å². The third kappa shape index (κ3) is 3.47. The second kappa shape index (κ2) is 5.70. The second-order valence-corrected chi connectivity index (χ2v) is 3.43. The van der Waals surface area contributed by atoms with E-state index >= 15 is 0 Å². The van der Waals surface area contributed by atoms with Gasteiger partial charge < -0.3 is 15.6 Å². The van der Waals surface area contributed by atoms with Crippen molar-refractivity contribution in [1.82, 2.24) is 0 Å². The molecule has 1 aromatic rings. The Kier molecular flexibility index (Phi) is 4.53. The number of ether oxygens (including phenoxy) is 1. The van der Waals surface area contributed by atoms with Crippen LogP contribution in [0.5, 0.6) is 0 Å². The summed E-state index contributed by atoms with van der Waals surface area (Å²) in [4.78, 5) is 11.2. The van der Waals surface area contributed by atoms with Crippen LogP contribution in [0.15, 0.2) is 18.2 Å². The van der Waals surface area contributed by atoms with Gasteiger partial charge in [0.1, 0.15) is 23.8 Å². The first-order valence-electron chi connectivity index (χ1n) is 5.02. The van der Waals surface area contributed by atoms with Gasteiger partial charge in [0.15, 0.2) is 0 Å². The molecule has 0 saturated heterocycles. The number of esters is 1. The summed E-state index contributed by atoms with van der Waals surface area (Å²) in [7, 11) is 0. The quantitative estimate of drug-likeness (QED) is 0.773. The number of benzene rings is 1. The van der Waals surface area contributed by atoms with Crippen molar-refractivity contribution in [3.63, 3.8) is 0 Å². The lowest BCUT2D eigenvalue weighted by Gasteiger charge is -2.17. The van der Waals surface area contributed by atoms with E-state index in [1.165, 1.54) is 0 Å². The Balaban J connectivity index is 2.87. The van der Waals surface area contributed by atoms with E-state index in [4.69, 9.17) is 5.73 Å². The molecule has 0 radical (unpaired) electrons. The Labute approximate surface area is 97.0 Å². The highest BCUT2D eigenvalue weighted by Gasteiger charge is 2.26. The maximum absolute atomic E-state index is 12.9. The summed E-state index contributed by atoms with van der Waals surface area (Å²) in [6, 6.07) is 1.10. The van der Waals surface area contributed by atoms with Crippen LogP contribution in [0, 0.1) is 11.6 Å². The lowest BCUT2D eigenvalue weighted by molar-refractivity contribution is -0.147. The topological polar surface area (TPSA) is 72.5 Å². The molecule has 2 unspecified atom stereocenters. The second-order valence-electron chi connectivity index (χ2n) is 3.43. The van der Waals surface area contributed by atoms with E-state index in [-0.39, 0.29) is 12.2 Å². The van der Waals surface area contributed by atoms with Crippen LogP contribution >= 0.6 is 0 Å². The standard InChI is InChI=1S/C11H13F2NO3/c1-2-17-11(16)9(14)10(15)6-3-7(12)5-8(13)4-6/h3-5,9-10,15H,2,14H2,1H3. The third-order valence-corrected chi connectivity index (χ3v) is 2.13. The Hall–Kier alpha value is -1.53. The fraction of sp³-hybridized carbons (Fsp3) is 0.364. The van der Waals surface area contributed by atoms with E-state index in [9.17, 15) is 18.7 Å². The monoisotopic (exact) mass is 245 g/mol. The van der Waals surface area contributed by atoms with Gasteiger partial charge in [-0.05, 0) is 24.6 Å². The smallest absolute Gasteiger partial charge is 0.325 e. The Morgan fingerprint density at radius 1 is 1.41 bits per heavy atom. The summed E-state index contributed by atoms with van der Waals surface area (Å²) in [6.45, 7) is 1.69. The Morgan fingerprint density at radius 3 is 2.41 bits per heavy atom. The largest absolute Gasteiger partial charge is 0.465 e. The van der Waals surface area contributed by atoms with E-state index in [0.29, 0.717) is 6.07 Å². The van der Waals surface area contributed by atoms with Crippen molar-refractivity contribution in [2.75, 3.05) is 6.61 Å². The molecule has 0 aromatic heterocycles. The van der Waals surface area contributed by atoms with E-state index in [2.05, 4.69) is 4.74 Å². The fourth-order valence-corrected chi connectivity index (χ4v) is 1.32. The molecule has 0 aliphatic carbocycles. The number of hydrogen-bond donors (Lipinski definition) is 2. The van der Waals surface area contributed by atoms with Gasteiger partial charge in [0, 0.05) is 6.07 Å². The van der Waals surface area contributed by atoms with Crippen LogP contribution in [0.25, 0.3) is 0 Å². The highest BCUT2D eigenvalue weighted by molar-refractivity contribution is 5.76. The summed E-state index contributed by atoms with van der Waals surface area (Å²) in [6.07, 6.45) is -1.51. The maximum atomic E-state index is 12.9. The summed E-state index contributed by atoms with van der Waals surface area (Å²) in [5.74, 6) is -2.53. The average molecular weight is 245 g/mol. The normalized spacial score (nSPS) is 14.2. The molecule has 2 atom stereocenters. The van der Waals surface area contributed by atoms with Crippen molar-refractivity contribution in [3.8, 4) is 0 Å². The van der Waals surface area contributed by atoms with Gasteiger partial charge in [-0.2, -0.15) is 0 Å². The molecule has 0 bridgehead atoms. The van der Waals surface area contributed by atoms with Crippen LogP contribution in [0.1, 0.15) is 18.6 Å². The molecule has 3 N–H and O–H groups in total. The van der Waals surface area contributed by atoms with Gasteiger partial charge in [-0.15, -0.1) is 0 Å². The molecule has 4 nitrogen and oxygen atoms in total. The average Bonchev–Trinajstić information content (AvgIpc) is 2.26. The zero-order valence-corrected chi connectivity index (χ0v) is 9.19. The van der Waals surface area contributed by atoms with Crippen molar-refractivity contribution < 1.29 is 23.4 Å². The summed E-state index contributed by atoms with van der Waals surface area (Å²) in [5.41, 5.74) is 5.30. The molecule has 1 aromatic carbocycles. The summed E-state index contributed by atoms with van der Waals surface area (Å²) >= 11 is 0. The van der Waals surface area contributed by atoms with Gasteiger partial charge in [0.25, 0.3) is 0 Å². The van der Waals surface area contributed by atoms with Crippen LogP contribution in [0.3, 0.4) is 0 Å². The van der Waals surface area contributed by atoms with Gasteiger partial charge in [0.05, 0.1) is 6.61 Å². The minimum atomic E-state index is -1.51. The van der Waals surface area contributed by atoms with Crippen molar-refractivity contribution in [1.29, 1.82) is 0 Å². The maximum Gasteiger partial charge on any atom is 0.325 e. The molecular weight excluding hydrogens is 232 g/mol. The molecule has 0 amide bonds. The summed E-state index contributed by atoms with van der Waals surface area (Å²) in [5, 5.41) is 9.68. The number of nitrogens with two attached hydrogens (primary N) is 1. The van der Waals surface area contributed by atoms with Gasteiger partial charge in [-0.1, -0.05) is 0 Å². The lowest BCUT2D eigenvalue weighted by Crippen LogP contribution is -2.38. The molecular formula is C11H13F2NO3. The van der Waals surface area contributed by atoms with E-state index in [1.54, 1.807) is 6.92 Å². The molecule has 1 rings (SSSR count). The number of carbonyl (C=O) groups excluding carboxylic acids is 1. The number of rotatable bonds is 4. The minimum Gasteiger partial charge on any atom is -0.465 e. The molecule has 0 aliphatic heterocycles. The zero-order valence-electron chi connectivity index (χ0n) is 9.19. The number of aliphatic hydroxyl groups is 1. The molecule has 0 saturated carbocycles. The van der Waals surface area contributed by atoms with Crippen molar-refractivity contribution in [2.24, 2.45) is 5.73 Å². The van der Waals surface area contributed by atoms with E-state index in [1.807, 2.05) is 0 Å². The molecule has 0 heterocycles. The highest BCUT2D eigenvalue weighted by atomic mass is 19.1.